The van der Waals surface area contributed by atoms with Gasteiger partial charge in [0.05, 0.1) is 17.6 Å². The zero-order valence-corrected chi connectivity index (χ0v) is 22.1. The predicted molar refractivity (Wildman–Crippen MR) is 141 cm³/mol. The molecule has 5 rings (SSSR count). The Morgan fingerprint density at radius 1 is 1.17 bits per heavy atom. The Morgan fingerprint density at radius 3 is 2.69 bits per heavy atom. The number of nitrogens with zero attached hydrogens (tertiary/aromatic N) is 6. The Balaban J connectivity index is 1.54. The van der Waals surface area contributed by atoms with Crippen molar-refractivity contribution in [2.45, 2.75) is 59.0 Å². The first-order chi connectivity index (χ1) is 17.2. The van der Waals surface area contributed by atoms with Crippen LogP contribution in [0, 0.1) is 13.8 Å². The van der Waals surface area contributed by atoms with Crippen molar-refractivity contribution in [2.24, 2.45) is 0 Å². The number of hydrogen-bond donors (Lipinski definition) is 1. The minimum Gasteiger partial charge on any atom is -0.444 e. The minimum atomic E-state index is -0.528. The zero-order chi connectivity index (χ0) is 25.4. The number of nitrogens with one attached hydrogen (secondary N) is 1. The van der Waals surface area contributed by atoms with Crippen molar-refractivity contribution < 1.29 is 9.53 Å². The standard InChI is InChI=1S/C26H31N7O2S/c1-16-8-9-18(13-27-16)20-14-28-33-22(30-23-11-17(2)31-36-23)12-21(29-24(20)33)19-7-6-10-32(15-19)25(34)35-26(3,4)5/h8-9,11-14,19,30H,6-7,10,15H2,1-5H3. The van der Waals surface area contributed by atoms with Gasteiger partial charge in [0.2, 0.25) is 0 Å². The molecule has 4 aromatic heterocycles. The van der Waals surface area contributed by atoms with Crippen molar-refractivity contribution in [3.8, 4) is 11.1 Å². The average molecular weight is 506 g/mol. The van der Waals surface area contributed by atoms with E-state index in [1.54, 1.807) is 4.90 Å². The summed E-state index contributed by atoms with van der Waals surface area (Å²) in [5, 5.41) is 9.07. The van der Waals surface area contributed by atoms with Crippen LogP contribution in [0.4, 0.5) is 15.6 Å². The average Bonchev–Trinajstić information content (AvgIpc) is 3.44. The Kier molecular flexibility index (Phi) is 6.38. The third-order valence-corrected chi connectivity index (χ3v) is 6.88. The Labute approximate surface area is 214 Å². The van der Waals surface area contributed by atoms with E-state index in [0.717, 1.165) is 57.5 Å². The van der Waals surface area contributed by atoms with Gasteiger partial charge >= 0.3 is 6.09 Å². The van der Waals surface area contributed by atoms with E-state index in [4.69, 9.17) is 9.72 Å². The molecule has 1 unspecified atom stereocenters. The summed E-state index contributed by atoms with van der Waals surface area (Å²) in [6, 6.07) is 8.07. The molecule has 36 heavy (non-hydrogen) atoms. The van der Waals surface area contributed by atoms with Gasteiger partial charge in [-0.25, -0.2) is 9.78 Å². The van der Waals surface area contributed by atoms with Gasteiger partial charge < -0.3 is 15.0 Å². The highest BCUT2D eigenvalue weighted by Gasteiger charge is 2.30. The summed E-state index contributed by atoms with van der Waals surface area (Å²) in [4.78, 5) is 24.1. The number of carbonyl (C=O) groups is 1. The molecule has 1 amide bonds. The molecule has 0 saturated carbocycles. The fourth-order valence-electron chi connectivity index (χ4n) is 4.37. The summed E-state index contributed by atoms with van der Waals surface area (Å²) in [7, 11) is 0. The first kappa shape index (κ1) is 24.2. The maximum absolute atomic E-state index is 12.8. The molecule has 0 bridgehead atoms. The molecule has 1 saturated heterocycles. The number of aryl methyl sites for hydroxylation is 2. The van der Waals surface area contributed by atoms with Gasteiger partial charge in [0.25, 0.3) is 0 Å². The third kappa shape index (κ3) is 5.18. The molecule has 1 aliphatic heterocycles. The molecule has 4 aromatic rings. The summed E-state index contributed by atoms with van der Waals surface area (Å²) < 4.78 is 11.9. The molecule has 0 spiro atoms. The Bertz CT molecular complexity index is 1390. The van der Waals surface area contributed by atoms with Gasteiger partial charge in [-0.1, -0.05) is 6.07 Å². The van der Waals surface area contributed by atoms with Crippen molar-refractivity contribution in [3.05, 3.63) is 53.7 Å². The summed E-state index contributed by atoms with van der Waals surface area (Å²) in [6.45, 7) is 10.9. The van der Waals surface area contributed by atoms with Gasteiger partial charge in [-0.2, -0.15) is 14.0 Å². The van der Waals surface area contributed by atoms with E-state index in [2.05, 4.69) is 19.8 Å². The summed E-state index contributed by atoms with van der Waals surface area (Å²) >= 11 is 1.41. The third-order valence-electron chi connectivity index (χ3n) is 6.08. The van der Waals surface area contributed by atoms with Crippen LogP contribution in [0.2, 0.25) is 0 Å². The monoisotopic (exact) mass is 505 g/mol. The second kappa shape index (κ2) is 9.50. The van der Waals surface area contributed by atoms with Crippen LogP contribution >= 0.6 is 11.5 Å². The molecule has 1 N–H and O–H groups in total. The Morgan fingerprint density at radius 2 is 2.00 bits per heavy atom. The second-order valence-corrected chi connectivity index (χ2v) is 11.1. The molecule has 1 aliphatic rings. The van der Waals surface area contributed by atoms with Gasteiger partial charge in [0, 0.05) is 48.1 Å². The minimum absolute atomic E-state index is 0.0823. The molecule has 5 heterocycles. The van der Waals surface area contributed by atoms with Crippen LogP contribution in [0.3, 0.4) is 0 Å². The number of carbonyl (C=O) groups excluding carboxylic acids is 1. The van der Waals surface area contributed by atoms with E-state index in [1.165, 1.54) is 11.5 Å². The van der Waals surface area contributed by atoms with Crippen LogP contribution in [0.25, 0.3) is 16.8 Å². The molecule has 0 aliphatic carbocycles. The number of likely N-dealkylation sites (tertiary alicyclic amines) is 1. The number of fused-ring (bicyclic) bond motifs is 1. The number of rotatable bonds is 4. The highest BCUT2D eigenvalue weighted by atomic mass is 32.1. The molecule has 10 heteroatoms. The van der Waals surface area contributed by atoms with Crippen LogP contribution in [0.5, 0.6) is 0 Å². The van der Waals surface area contributed by atoms with Crippen molar-refractivity contribution >= 4 is 34.1 Å². The fourth-order valence-corrected chi connectivity index (χ4v) is 5.04. The lowest BCUT2D eigenvalue weighted by atomic mass is 9.94. The van der Waals surface area contributed by atoms with Gasteiger partial charge in [-0.05, 0) is 71.1 Å². The molecule has 1 atom stereocenters. The van der Waals surface area contributed by atoms with Crippen LogP contribution in [-0.4, -0.2) is 53.6 Å². The largest absolute Gasteiger partial charge is 0.444 e. The Hall–Kier alpha value is -3.53. The maximum atomic E-state index is 12.8. The number of amides is 1. The number of anilines is 2. The van der Waals surface area contributed by atoms with Crippen molar-refractivity contribution in [1.29, 1.82) is 0 Å². The van der Waals surface area contributed by atoms with Gasteiger partial charge in [-0.3, -0.25) is 4.98 Å². The topological polar surface area (TPSA) is 97.5 Å². The normalized spacial score (nSPS) is 16.4. The summed E-state index contributed by atoms with van der Waals surface area (Å²) in [6.07, 6.45) is 5.24. The molecular formula is C26H31N7O2S. The molecule has 188 valence electrons. The van der Waals surface area contributed by atoms with E-state index in [-0.39, 0.29) is 12.0 Å². The highest BCUT2D eigenvalue weighted by Crippen LogP contribution is 2.33. The van der Waals surface area contributed by atoms with E-state index in [0.29, 0.717) is 13.1 Å². The SMILES string of the molecule is Cc1ccc(-c2cnn3c(Nc4cc(C)ns4)cc(C4CCCN(C(=O)OC(C)(C)C)C4)nc23)cn1. The number of pyridine rings is 1. The predicted octanol–water partition coefficient (Wildman–Crippen LogP) is 5.72. The van der Waals surface area contributed by atoms with Gasteiger partial charge in [0.1, 0.15) is 16.4 Å². The van der Waals surface area contributed by atoms with Crippen LogP contribution < -0.4 is 5.32 Å². The lowest BCUT2D eigenvalue weighted by molar-refractivity contribution is 0.0197. The summed E-state index contributed by atoms with van der Waals surface area (Å²) in [5.41, 5.74) is 4.92. The summed E-state index contributed by atoms with van der Waals surface area (Å²) in [5.74, 6) is 0.887. The first-order valence-corrected chi connectivity index (χ1v) is 12.9. The lowest BCUT2D eigenvalue weighted by Crippen LogP contribution is -2.42. The van der Waals surface area contributed by atoms with Crippen molar-refractivity contribution in [1.82, 2.24) is 28.9 Å². The van der Waals surface area contributed by atoms with Crippen molar-refractivity contribution in [3.63, 3.8) is 0 Å². The molecule has 0 aromatic carbocycles. The van der Waals surface area contributed by atoms with Crippen LogP contribution in [0.1, 0.15) is 56.6 Å². The van der Waals surface area contributed by atoms with Gasteiger partial charge in [-0.15, -0.1) is 0 Å². The quantitative estimate of drug-likeness (QED) is 0.379. The van der Waals surface area contributed by atoms with E-state index >= 15 is 0 Å². The highest BCUT2D eigenvalue weighted by molar-refractivity contribution is 7.10. The van der Waals surface area contributed by atoms with E-state index < -0.39 is 5.60 Å². The number of hydrogen-bond acceptors (Lipinski definition) is 8. The number of ether oxygens (including phenoxy) is 1. The van der Waals surface area contributed by atoms with Gasteiger partial charge in [0.15, 0.2) is 5.65 Å². The fraction of sp³-hybridized carbons (Fsp3) is 0.423. The van der Waals surface area contributed by atoms with E-state index in [1.807, 2.05) is 75.8 Å². The molecule has 9 nitrogen and oxygen atoms in total. The first-order valence-electron chi connectivity index (χ1n) is 12.2. The van der Waals surface area contributed by atoms with Crippen molar-refractivity contribution in [2.75, 3.05) is 18.4 Å². The van der Waals surface area contributed by atoms with E-state index in [9.17, 15) is 4.79 Å². The maximum Gasteiger partial charge on any atom is 0.410 e. The van der Waals surface area contributed by atoms with Crippen LogP contribution in [-0.2, 0) is 4.74 Å². The second-order valence-electron chi connectivity index (χ2n) is 10.3. The molecule has 0 radical (unpaired) electrons. The number of piperidine rings is 1. The van der Waals surface area contributed by atoms with Crippen LogP contribution in [0.15, 0.2) is 36.7 Å². The lowest BCUT2D eigenvalue weighted by Gasteiger charge is -2.34. The molecule has 1 fully saturated rings. The zero-order valence-electron chi connectivity index (χ0n) is 21.3. The smallest absolute Gasteiger partial charge is 0.410 e. The molecular weight excluding hydrogens is 474 g/mol. The number of aromatic nitrogens is 5.